The Bertz CT molecular complexity index is 291. The molecule has 0 aromatic carbocycles. The number of nitrogens with zero attached hydrogens (tertiary/aromatic N) is 3. The Labute approximate surface area is 92.5 Å². The monoisotopic (exact) mass is 207 g/mol. The van der Waals surface area contributed by atoms with Crippen LogP contribution in [0.15, 0.2) is 16.3 Å². The van der Waals surface area contributed by atoms with Gasteiger partial charge in [-0.05, 0) is 26.0 Å². The molecule has 0 bridgehead atoms. The van der Waals surface area contributed by atoms with Gasteiger partial charge in [-0.25, -0.2) is 4.99 Å². The molecule has 0 spiro atoms. The average molecular weight is 207 g/mol. The minimum absolute atomic E-state index is 0.555. The van der Waals surface area contributed by atoms with Crippen LogP contribution in [0.2, 0.25) is 0 Å². The minimum Gasteiger partial charge on any atom is -0.356 e. The van der Waals surface area contributed by atoms with Gasteiger partial charge in [0.1, 0.15) is 0 Å². The first-order chi connectivity index (χ1) is 7.20. The van der Waals surface area contributed by atoms with Crippen LogP contribution in [0, 0.1) is 0 Å². The molecule has 2 rings (SSSR count). The summed E-state index contributed by atoms with van der Waals surface area (Å²) < 4.78 is 0. The van der Waals surface area contributed by atoms with E-state index < -0.39 is 0 Å². The first kappa shape index (κ1) is 10.7. The van der Waals surface area contributed by atoms with Crippen molar-refractivity contribution in [3.05, 3.63) is 11.3 Å². The van der Waals surface area contributed by atoms with Crippen molar-refractivity contribution in [2.75, 3.05) is 26.2 Å². The van der Waals surface area contributed by atoms with Gasteiger partial charge in [0, 0.05) is 37.8 Å². The van der Waals surface area contributed by atoms with Crippen LogP contribution in [-0.4, -0.2) is 48.4 Å². The van der Waals surface area contributed by atoms with Crippen molar-refractivity contribution < 1.29 is 0 Å². The molecule has 0 amide bonds. The molecule has 0 saturated heterocycles. The summed E-state index contributed by atoms with van der Waals surface area (Å²) in [4.78, 5) is 9.39. The molecule has 15 heavy (non-hydrogen) atoms. The molecule has 3 heteroatoms. The number of rotatable bonds is 2. The van der Waals surface area contributed by atoms with Gasteiger partial charge in [-0.2, -0.15) is 0 Å². The average Bonchev–Trinajstić information content (AvgIpc) is 2.27. The molecule has 0 unspecified atom stereocenters. The van der Waals surface area contributed by atoms with Crippen LogP contribution in [0.5, 0.6) is 0 Å². The van der Waals surface area contributed by atoms with Gasteiger partial charge in [-0.1, -0.05) is 6.92 Å². The van der Waals surface area contributed by atoms with Gasteiger partial charge in [0.15, 0.2) is 0 Å². The van der Waals surface area contributed by atoms with Crippen LogP contribution in [0.25, 0.3) is 0 Å². The second-order valence-corrected chi connectivity index (χ2v) is 4.68. The molecular weight excluding hydrogens is 186 g/mol. The summed E-state index contributed by atoms with van der Waals surface area (Å²) in [6, 6.07) is 0.555. The fourth-order valence-corrected chi connectivity index (χ4v) is 2.17. The molecule has 0 atom stereocenters. The van der Waals surface area contributed by atoms with Crippen molar-refractivity contribution in [3.8, 4) is 0 Å². The highest BCUT2D eigenvalue weighted by Crippen LogP contribution is 2.22. The zero-order chi connectivity index (χ0) is 10.8. The maximum atomic E-state index is 4.58. The van der Waals surface area contributed by atoms with E-state index in [0.29, 0.717) is 6.04 Å². The van der Waals surface area contributed by atoms with E-state index in [1.54, 1.807) is 0 Å². The zero-order valence-electron chi connectivity index (χ0n) is 10.0. The summed E-state index contributed by atoms with van der Waals surface area (Å²) in [5.41, 5.74) is 2.87. The predicted octanol–water partition coefficient (Wildman–Crippen LogP) is 1.72. The van der Waals surface area contributed by atoms with Crippen LogP contribution >= 0.6 is 0 Å². The Hall–Kier alpha value is -0.830. The Morgan fingerprint density at radius 1 is 1.40 bits per heavy atom. The minimum atomic E-state index is 0.555. The summed E-state index contributed by atoms with van der Waals surface area (Å²) in [7, 11) is 0. The van der Waals surface area contributed by atoms with E-state index in [4.69, 9.17) is 0 Å². The van der Waals surface area contributed by atoms with Crippen molar-refractivity contribution in [2.45, 2.75) is 33.2 Å². The second kappa shape index (κ2) is 4.35. The SMILES string of the molecule is CCN1CCC2=C(C1)CN(C(C)C)C=N2. The maximum absolute atomic E-state index is 4.58. The van der Waals surface area contributed by atoms with Gasteiger partial charge in [0.2, 0.25) is 0 Å². The van der Waals surface area contributed by atoms with Crippen molar-refractivity contribution in [2.24, 2.45) is 4.99 Å². The van der Waals surface area contributed by atoms with E-state index in [-0.39, 0.29) is 0 Å². The molecule has 2 aliphatic rings. The van der Waals surface area contributed by atoms with Crippen LogP contribution < -0.4 is 0 Å². The van der Waals surface area contributed by atoms with E-state index in [0.717, 1.165) is 26.1 Å². The molecule has 0 fully saturated rings. The summed E-state index contributed by atoms with van der Waals surface area (Å²) >= 11 is 0. The van der Waals surface area contributed by atoms with E-state index in [1.807, 2.05) is 6.34 Å². The van der Waals surface area contributed by atoms with Crippen molar-refractivity contribution in [3.63, 3.8) is 0 Å². The first-order valence-electron chi connectivity index (χ1n) is 5.94. The molecule has 84 valence electrons. The Balaban J connectivity index is 2.07. The van der Waals surface area contributed by atoms with Crippen LogP contribution in [0.4, 0.5) is 0 Å². The molecule has 0 radical (unpaired) electrons. The summed E-state index contributed by atoms with van der Waals surface area (Å²) in [5.74, 6) is 0. The molecule has 2 aliphatic heterocycles. The van der Waals surface area contributed by atoms with Gasteiger partial charge in [-0.15, -0.1) is 0 Å². The Morgan fingerprint density at radius 3 is 2.87 bits per heavy atom. The normalized spacial score (nSPS) is 22.5. The summed E-state index contributed by atoms with van der Waals surface area (Å²) in [6.45, 7) is 11.2. The molecule has 3 nitrogen and oxygen atoms in total. The van der Waals surface area contributed by atoms with Crippen LogP contribution in [-0.2, 0) is 0 Å². The topological polar surface area (TPSA) is 18.8 Å². The largest absolute Gasteiger partial charge is 0.356 e. The molecular formula is C12H21N3. The molecule has 0 aromatic rings. The summed E-state index contributed by atoms with van der Waals surface area (Å²) in [5, 5.41) is 0. The summed E-state index contributed by atoms with van der Waals surface area (Å²) in [6.07, 6.45) is 3.15. The quantitative estimate of drug-likeness (QED) is 0.686. The third-order valence-electron chi connectivity index (χ3n) is 3.33. The molecule has 2 heterocycles. The molecule has 0 N–H and O–H groups in total. The van der Waals surface area contributed by atoms with Gasteiger partial charge < -0.3 is 4.90 Å². The molecule has 0 aromatic heterocycles. The van der Waals surface area contributed by atoms with Crippen molar-refractivity contribution >= 4 is 6.34 Å². The highest BCUT2D eigenvalue weighted by molar-refractivity contribution is 5.60. The lowest BCUT2D eigenvalue weighted by atomic mass is 10.0. The van der Waals surface area contributed by atoms with E-state index >= 15 is 0 Å². The Morgan fingerprint density at radius 2 is 2.20 bits per heavy atom. The van der Waals surface area contributed by atoms with Gasteiger partial charge >= 0.3 is 0 Å². The molecule has 0 aliphatic carbocycles. The maximum Gasteiger partial charge on any atom is 0.0913 e. The van der Waals surface area contributed by atoms with E-state index in [2.05, 4.69) is 35.6 Å². The number of likely N-dealkylation sites (N-methyl/N-ethyl adjacent to an activating group) is 1. The van der Waals surface area contributed by atoms with Crippen LogP contribution in [0.1, 0.15) is 27.2 Å². The lowest BCUT2D eigenvalue weighted by molar-refractivity contribution is 0.278. The van der Waals surface area contributed by atoms with Gasteiger partial charge in [-0.3, -0.25) is 4.90 Å². The fraction of sp³-hybridized carbons (Fsp3) is 0.750. The second-order valence-electron chi connectivity index (χ2n) is 4.68. The fourth-order valence-electron chi connectivity index (χ4n) is 2.17. The Kier molecular flexibility index (Phi) is 3.10. The predicted molar refractivity (Wildman–Crippen MR) is 64.1 cm³/mol. The zero-order valence-corrected chi connectivity index (χ0v) is 10.0. The van der Waals surface area contributed by atoms with Crippen LogP contribution in [0.3, 0.4) is 0 Å². The number of hydrogen-bond acceptors (Lipinski definition) is 3. The van der Waals surface area contributed by atoms with Crippen molar-refractivity contribution in [1.29, 1.82) is 0 Å². The van der Waals surface area contributed by atoms with Gasteiger partial charge in [0.25, 0.3) is 0 Å². The lowest BCUT2D eigenvalue weighted by Crippen LogP contribution is -2.40. The van der Waals surface area contributed by atoms with E-state index in [1.165, 1.54) is 17.8 Å². The number of aliphatic imine (C=N–C) groups is 1. The third kappa shape index (κ3) is 2.23. The highest BCUT2D eigenvalue weighted by atomic mass is 15.2. The smallest absolute Gasteiger partial charge is 0.0913 e. The standard InChI is InChI=1S/C12H21N3/c1-4-14-6-5-12-11(7-14)8-15(9-13-12)10(2)3/h9-10H,4-8H2,1-3H3. The van der Waals surface area contributed by atoms with Crippen molar-refractivity contribution in [1.82, 2.24) is 9.80 Å². The molecule has 0 saturated carbocycles. The van der Waals surface area contributed by atoms with Gasteiger partial charge in [0.05, 0.1) is 6.34 Å². The third-order valence-corrected chi connectivity index (χ3v) is 3.33. The first-order valence-corrected chi connectivity index (χ1v) is 5.94. The number of hydrogen-bond donors (Lipinski definition) is 0. The highest BCUT2D eigenvalue weighted by Gasteiger charge is 2.22. The lowest BCUT2D eigenvalue weighted by Gasteiger charge is -2.35. The van der Waals surface area contributed by atoms with E-state index in [9.17, 15) is 0 Å².